The predicted molar refractivity (Wildman–Crippen MR) is 118 cm³/mol. The first-order chi connectivity index (χ1) is 13.6. The first kappa shape index (κ1) is 23.3. The lowest BCUT2D eigenvalue weighted by molar-refractivity contribution is -0.0343. The van der Waals surface area contributed by atoms with E-state index in [-0.39, 0.29) is 18.0 Å². The maximum absolute atomic E-state index is 14.7. The second kappa shape index (κ2) is 12.5. The monoisotopic (exact) mass is 430 g/mol. The van der Waals surface area contributed by atoms with Gasteiger partial charge < -0.3 is 15.4 Å². The molecule has 1 fully saturated rings. The van der Waals surface area contributed by atoms with E-state index in [4.69, 9.17) is 16.3 Å². The molecule has 0 bridgehead atoms. The molecule has 1 saturated heterocycles. The second-order valence-electron chi connectivity index (χ2n) is 6.91. The number of rotatable bonds is 9. The summed E-state index contributed by atoms with van der Waals surface area (Å²) in [4.78, 5) is 6.53. The van der Waals surface area contributed by atoms with Crippen molar-refractivity contribution in [2.24, 2.45) is 4.99 Å². The van der Waals surface area contributed by atoms with Crippen molar-refractivity contribution >= 4 is 29.3 Å². The summed E-state index contributed by atoms with van der Waals surface area (Å²) in [5.41, 5.74) is 0.529. The Morgan fingerprint density at radius 1 is 1.43 bits per heavy atom. The Labute approximate surface area is 177 Å². The van der Waals surface area contributed by atoms with E-state index in [1.54, 1.807) is 19.2 Å². The highest BCUT2D eigenvalue weighted by atomic mass is 35.5. The molecule has 158 valence electrons. The van der Waals surface area contributed by atoms with Crippen LogP contribution in [0.2, 0.25) is 5.02 Å². The Morgan fingerprint density at radius 3 is 2.93 bits per heavy atom. The van der Waals surface area contributed by atoms with Crippen molar-refractivity contribution in [3.63, 3.8) is 0 Å². The van der Waals surface area contributed by atoms with Crippen LogP contribution in [0, 0.1) is 5.82 Å². The van der Waals surface area contributed by atoms with Gasteiger partial charge in [-0.15, -0.1) is 0 Å². The van der Waals surface area contributed by atoms with Gasteiger partial charge in [0.25, 0.3) is 0 Å². The molecule has 8 heteroatoms. The molecule has 2 N–H and O–H groups in total. The van der Waals surface area contributed by atoms with Crippen molar-refractivity contribution in [1.29, 1.82) is 0 Å². The lowest BCUT2D eigenvalue weighted by atomic mass is 10.0. The Kier molecular flexibility index (Phi) is 10.4. The number of thioether (sulfide) groups is 1. The zero-order valence-electron chi connectivity index (χ0n) is 17.0. The zero-order valence-corrected chi connectivity index (χ0v) is 18.6. The molecule has 2 rings (SSSR count). The standard InChI is InChI=1S/C20H32ClFN4OS/c1-15-14-26(10-11-27-15)18(19-16(21)7-6-8-17(19)22)13-25-20(23-2)24-9-4-5-12-28-3/h6-8,15,18H,4-5,9-14H2,1-3H3,(H2,23,24,25). The SMILES string of the molecule is CN=C(NCCCCSC)NCC(c1c(F)cccc1Cl)N1CCOC(C)C1. The van der Waals surface area contributed by atoms with Gasteiger partial charge in [0.05, 0.1) is 18.8 Å². The van der Waals surface area contributed by atoms with Gasteiger partial charge in [-0.25, -0.2) is 4.39 Å². The predicted octanol–water partition coefficient (Wildman–Crippen LogP) is 3.55. The molecule has 2 unspecified atom stereocenters. The normalized spacial score (nSPS) is 19.5. The lowest BCUT2D eigenvalue weighted by Gasteiger charge is -2.38. The number of aliphatic imine (C=N–C) groups is 1. The van der Waals surface area contributed by atoms with Crippen molar-refractivity contribution in [2.45, 2.75) is 31.9 Å². The maximum atomic E-state index is 14.7. The molecule has 0 aliphatic carbocycles. The molecule has 0 amide bonds. The highest BCUT2D eigenvalue weighted by molar-refractivity contribution is 7.98. The number of nitrogens with zero attached hydrogens (tertiary/aromatic N) is 2. The fourth-order valence-corrected chi connectivity index (χ4v) is 4.15. The minimum atomic E-state index is -0.279. The van der Waals surface area contributed by atoms with Crippen molar-refractivity contribution in [3.05, 3.63) is 34.6 Å². The van der Waals surface area contributed by atoms with Gasteiger partial charge in [-0.2, -0.15) is 11.8 Å². The maximum Gasteiger partial charge on any atom is 0.191 e. The van der Waals surface area contributed by atoms with Crippen LogP contribution in [0.25, 0.3) is 0 Å². The molecule has 5 nitrogen and oxygen atoms in total. The van der Waals surface area contributed by atoms with Crippen LogP contribution >= 0.6 is 23.4 Å². The Bertz CT molecular complexity index is 614. The van der Waals surface area contributed by atoms with Gasteiger partial charge in [0.15, 0.2) is 5.96 Å². The molecule has 0 spiro atoms. The van der Waals surface area contributed by atoms with Gasteiger partial charge in [-0.3, -0.25) is 9.89 Å². The molecule has 0 radical (unpaired) electrons. The fourth-order valence-electron chi connectivity index (χ4n) is 3.36. The summed E-state index contributed by atoms with van der Waals surface area (Å²) in [6.07, 6.45) is 4.49. The molecule has 1 aliphatic rings. The zero-order chi connectivity index (χ0) is 20.4. The van der Waals surface area contributed by atoms with E-state index < -0.39 is 0 Å². The van der Waals surface area contributed by atoms with Gasteiger partial charge >= 0.3 is 0 Å². The van der Waals surface area contributed by atoms with E-state index >= 15 is 0 Å². The lowest BCUT2D eigenvalue weighted by Crippen LogP contribution is -2.48. The van der Waals surface area contributed by atoms with E-state index in [2.05, 4.69) is 26.8 Å². The topological polar surface area (TPSA) is 48.9 Å². The number of ether oxygens (including phenoxy) is 1. The van der Waals surface area contributed by atoms with Crippen LogP contribution in [-0.2, 0) is 4.74 Å². The third-order valence-corrected chi connectivity index (χ3v) is 5.83. The van der Waals surface area contributed by atoms with Crippen LogP contribution in [0.1, 0.15) is 31.4 Å². The van der Waals surface area contributed by atoms with Crippen LogP contribution < -0.4 is 10.6 Å². The summed E-state index contributed by atoms with van der Waals surface area (Å²) in [6.45, 7) is 5.51. The molecule has 1 heterocycles. The number of morpholine rings is 1. The van der Waals surface area contributed by atoms with Crippen LogP contribution in [-0.4, -0.2) is 68.8 Å². The van der Waals surface area contributed by atoms with E-state index in [0.717, 1.165) is 37.8 Å². The summed E-state index contributed by atoms with van der Waals surface area (Å²) in [5, 5.41) is 7.14. The van der Waals surface area contributed by atoms with Gasteiger partial charge in [-0.05, 0) is 43.9 Å². The minimum Gasteiger partial charge on any atom is -0.376 e. The van der Waals surface area contributed by atoms with Crippen molar-refractivity contribution < 1.29 is 9.13 Å². The fraction of sp³-hybridized carbons (Fsp3) is 0.650. The van der Waals surface area contributed by atoms with Crippen LogP contribution in [0.3, 0.4) is 0 Å². The minimum absolute atomic E-state index is 0.107. The number of unbranched alkanes of at least 4 members (excludes halogenated alkanes) is 1. The third kappa shape index (κ3) is 7.10. The van der Waals surface area contributed by atoms with E-state index in [0.29, 0.717) is 23.7 Å². The summed E-state index contributed by atoms with van der Waals surface area (Å²) < 4.78 is 20.3. The van der Waals surface area contributed by atoms with Gasteiger partial charge in [-0.1, -0.05) is 17.7 Å². The molecule has 28 heavy (non-hydrogen) atoms. The summed E-state index contributed by atoms with van der Waals surface area (Å²) in [6, 6.07) is 4.66. The average Bonchev–Trinajstić information content (AvgIpc) is 2.68. The first-order valence-electron chi connectivity index (χ1n) is 9.79. The smallest absolute Gasteiger partial charge is 0.191 e. The van der Waals surface area contributed by atoms with E-state index in [1.165, 1.54) is 12.5 Å². The van der Waals surface area contributed by atoms with Crippen molar-refractivity contribution in [1.82, 2.24) is 15.5 Å². The average molecular weight is 431 g/mol. The number of hydrogen-bond donors (Lipinski definition) is 2. The first-order valence-corrected chi connectivity index (χ1v) is 11.6. The number of guanidine groups is 1. The number of benzene rings is 1. The quantitative estimate of drug-likeness (QED) is 0.356. The third-order valence-electron chi connectivity index (χ3n) is 4.80. The molecular formula is C20H32ClFN4OS. The molecule has 1 aliphatic heterocycles. The van der Waals surface area contributed by atoms with E-state index in [9.17, 15) is 4.39 Å². The molecule has 0 aromatic heterocycles. The Hall–Kier alpha value is -1.02. The molecular weight excluding hydrogens is 399 g/mol. The largest absolute Gasteiger partial charge is 0.376 e. The van der Waals surface area contributed by atoms with Gasteiger partial charge in [0.2, 0.25) is 0 Å². The summed E-state index contributed by atoms with van der Waals surface area (Å²) in [7, 11) is 1.75. The summed E-state index contributed by atoms with van der Waals surface area (Å²) in [5.74, 6) is 1.61. The molecule has 2 atom stereocenters. The number of nitrogens with one attached hydrogen (secondary N) is 2. The molecule has 1 aromatic rings. The number of hydrogen-bond acceptors (Lipinski definition) is 4. The highest BCUT2D eigenvalue weighted by Gasteiger charge is 2.29. The van der Waals surface area contributed by atoms with Crippen molar-refractivity contribution in [3.8, 4) is 0 Å². The van der Waals surface area contributed by atoms with Crippen LogP contribution in [0.4, 0.5) is 4.39 Å². The second-order valence-corrected chi connectivity index (χ2v) is 8.30. The highest BCUT2D eigenvalue weighted by Crippen LogP contribution is 2.31. The van der Waals surface area contributed by atoms with Crippen LogP contribution in [0.15, 0.2) is 23.2 Å². The van der Waals surface area contributed by atoms with Gasteiger partial charge in [0.1, 0.15) is 5.82 Å². The van der Waals surface area contributed by atoms with Crippen molar-refractivity contribution in [2.75, 3.05) is 51.8 Å². The molecule has 1 aromatic carbocycles. The molecule has 0 saturated carbocycles. The van der Waals surface area contributed by atoms with Gasteiger partial charge in [0, 0.05) is 43.8 Å². The Morgan fingerprint density at radius 2 is 2.25 bits per heavy atom. The van der Waals surface area contributed by atoms with Crippen LogP contribution in [0.5, 0.6) is 0 Å². The summed E-state index contributed by atoms with van der Waals surface area (Å²) >= 11 is 8.25. The Balaban J connectivity index is 2.05. The van der Waals surface area contributed by atoms with E-state index in [1.807, 2.05) is 18.7 Å². The number of halogens is 2.